The summed E-state index contributed by atoms with van der Waals surface area (Å²) >= 11 is 6.09. The summed E-state index contributed by atoms with van der Waals surface area (Å²) in [5.41, 5.74) is 1.24. The van der Waals surface area contributed by atoms with Gasteiger partial charge in [-0.3, -0.25) is 4.79 Å². The number of methoxy groups -OCH3 is 1. The van der Waals surface area contributed by atoms with Crippen LogP contribution in [0.25, 0.3) is 0 Å². The predicted octanol–water partition coefficient (Wildman–Crippen LogP) is 5.19. The summed E-state index contributed by atoms with van der Waals surface area (Å²) in [6.07, 6.45) is 0. The maximum atomic E-state index is 12.3. The van der Waals surface area contributed by atoms with Gasteiger partial charge in [-0.05, 0) is 42.5 Å². The van der Waals surface area contributed by atoms with Crippen LogP contribution in [0.3, 0.4) is 0 Å². The molecule has 0 aliphatic carbocycles. The van der Waals surface area contributed by atoms with Crippen molar-refractivity contribution in [1.82, 2.24) is 0 Å². The van der Waals surface area contributed by atoms with E-state index < -0.39 is 0 Å². The molecule has 0 spiro atoms. The van der Waals surface area contributed by atoms with Gasteiger partial charge in [0.15, 0.2) is 5.75 Å². The SMILES string of the molecule is COc1ccccc1NC(=O)CNc1cc(Cl)ccc1Oc1ccccc1. The van der Waals surface area contributed by atoms with Crippen molar-refractivity contribution in [2.45, 2.75) is 0 Å². The second-order valence-electron chi connectivity index (χ2n) is 5.66. The molecule has 1 amide bonds. The van der Waals surface area contributed by atoms with Crippen molar-refractivity contribution in [2.24, 2.45) is 0 Å². The second kappa shape index (κ2) is 8.96. The van der Waals surface area contributed by atoms with Crippen LogP contribution in [0.4, 0.5) is 11.4 Å². The Kier molecular flexibility index (Phi) is 6.18. The summed E-state index contributed by atoms with van der Waals surface area (Å²) in [6.45, 7) is 0.0452. The second-order valence-corrected chi connectivity index (χ2v) is 6.09. The summed E-state index contributed by atoms with van der Waals surface area (Å²) in [4.78, 5) is 12.3. The molecule has 27 heavy (non-hydrogen) atoms. The molecule has 6 heteroatoms. The Balaban J connectivity index is 1.68. The fourth-order valence-corrected chi connectivity index (χ4v) is 2.63. The summed E-state index contributed by atoms with van der Waals surface area (Å²) < 4.78 is 11.1. The van der Waals surface area contributed by atoms with Gasteiger partial charge in [-0.2, -0.15) is 0 Å². The van der Waals surface area contributed by atoms with Crippen LogP contribution in [0.5, 0.6) is 17.2 Å². The van der Waals surface area contributed by atoms with E-state index in [1.54, 1.807) is 37.4 Å². The van der Waals surface area contributed by atoms with Crippen LogP contribution in [0.15, 0.2) is 72.8 Å². The predicted molar refractivity (Wildman–Crippen MR) is 108 cm³/mol. The molecule has 0 saturated heterocycles. The highest BCUT2D eigenvalue weighted by Gasteiger charge is 2.10. The van der Waals surface area contributed by atoms with Gasteiger partial charge >= 0.3 is 0 Å². The fraction of sp³-hybridized carbons (Fsp3) is 0.0952. The first kappa shape index (κ1) is 18.6. The van der Waals surface area contributed by atoms with Gasteiger partial charge in [-0.15, -0.1) is 0 Å². The van der Waals surface area contributed by atoms with Gasteiger partial charge in [0.05, 0.1) is 25.0 Å². The number of hydrogen-bond acceptors (Lipinski definition) is 4. The number of ether oxygens (including phenoxy) is 2. The topological polar surface area (TPSA) is 59.6 Å². The lowest BCUT2D eigenvalue weighted by Gasteiger charge is -2.14. The maximum absolute atomic E-state index is 12.3. The summed E-state index contributed by atoms with van der Waals surface area (Å²) in [5, 5.41) is 6.43. The number of carbonyl (C=O) groups is 1. The number of anilines is 2. The average Bonchev–Trinajstić information content (AvgIpc) is 2.69. The number of carbonyl (C=O) groups excluding carboxylic acids is 1. The highest BCUT2D eigenvalue weighted by atomic mass is 35.5. The van der Waals surface area contributed by atoms with E-state index >= 15 is 0 Å². The van der Waals surface area contributed by atoms with Crippen LogP contribution in [0, 0.1) is 0 Å². The quantitative estimate of drug-likeness (QED) is 0.590. The van der Waals surface area contributed by atoms with Crippen LogP contribution in [0.2, 0.25) is 5.02 Å². The molecule has 0 heterocycles. The molecule has 5 nitrogen and oxygen atoms in total. The third-order valence-corrected chi connectivity index (χ3v) is 3.97. The van der Waals surface area contributed by atoms with Crippen molar-refractivity contribution in [3.63, 3.8) is 0 Å². The van der Waals surface area contributed by atoms with E-state index in [0.717, 1.165) is 0 Å². The summed E-state index contributed by atoms with van der Waals surface area (Å²) in [7, 11) is 1.56. The lowest BCUT2D eigenvalue weighted by molar-refractivity contribution is -0.114. The molecular weight excluding hydrogens is 364 g/mol. The third kappa shape index (κ3) is 5.15. The van der Waals surface area contributed by atoms with Crippen molar-refractivity contribution < 1.29 is 14.3 Å². The van der Waals surface area contributed by atoms with E-state index in [9.17, 15) is 4.79 Å². The smallest absolute Gasteiger partial charge is 0.243 e. The van der Waals surface area contributed by atoms with Gasteiger partial charge in [0, 0.05) is 5.02 Å². The minimum absolute atomic E-state index is 0.0452. The molecule has 0 atom stereocenters. The Labute approximate surface area is 162 Å². The highest BCUT2D eigenvalue weighted by molar-refractivity contribution is 6.31. The standard InChI is InChI=1S/C21H19ClN2O3/c1-26-19-10-6-5-9-17(19)24-21(25)14-23-18-13-15(22)11-12-20(18)27-16-7-3-2-4-8-16/h2-13,23H,14H2,1H3,(H,24,25). The van der Waals surface area contributed by atoms with Gasteiger partial charge < -0.3 is 20.1 Å². The minimum atomic E-state index is -0.217. The van der Waals surface area contributed by atoms with E-state index in [2.05, 4.69) is 10.6 Å². The van der Waals surface area contributed by atoms with Gasteiger partial charge in [0.1, 0.15) is 11.5 Å². The zero-order valence-corrected chi connectivity index (χ0v) is 15.5. The molecule has 0 aliphatic heterocycles. The van der Waals surface area contributed by atoms with Gasteiger partial charge in [0.2, 0.25) is 5.91 Å². The molecule has 3 aromatic rings. The van der Waals surface area contributed by atoms with Gasteiger partial charge in [-0.25, -0.2) is 0 Å². The maximum Gasteiger partial charge on any atom is 0.243 e. The molecule has 0 bridgehead atoms. The Morgan fingerprint density at radius 1 is 0.926 bits per heavy atom. The Morgan fingerprint density at radius 2 is 1.67 bits per heavy atom. The first-order chi connectivity index (χ1) is 13.2. The van der Waals surface area contributed by atoms with E-state index in [-0.39, 0.29) is 12.5 Å². The Hall–Kier alpha value is -3.18. The zero-order chi connectivity index (χ0) is 19.1. The third-order valence-electron chi connectivity index (χ3n) is 3.73. The summed E-state index contributed by atoms with van der Waals surface area (Å²) in [5.74, 6) is 1.66. The first-order valence-electron chi connectivity index (χ1n) is 8.35. The normalized spacial score (nSPS) is 10.1. The van der Waals surface area contributed by atoms with Crippen LogP contribution in [-0.4, -0.2) is 19.6 Å². The van der Waals surface area contributed by atoms with Crippen molar-refractivity contribution in [2.75, 3.05) is 24.3 Å². The molecule has 3 aromatic carbocycles. The number of halogens is 1. The fourth-order valence-electron chi connectivity index (χ4n) is 2.46. The number of benzene rings is 3. The molecule has 0 aromatic heterocycles. The van der Waals surface area contributed by atoms with E-state index in [0.29, 0.717) is 33.6 Å². The summed E-state index contributed by atoms with van der Waals surface area (Å²) in [6, 6.07) is 21.8. The number of nitrogens with one attached hydrogen (secondary N) is 2. The van der Waals surface area contributed by atoms with Crippen molar-refractivity contribution in [3.8, 4) is 17.2 Å². The Bertz CT molecular complexity index is 916. The van der Waals surface area contributed by atoms with Gasteiger partial charge in [0.25, 0.3) is 0 Å². The van der Waals surface area contributed by atoms with Crippen LogP contribution in [-0.2, 0) is 4.79 Å². The molecule has 0 saturated carbocycles. The lowest BCUT2D eigenvalue weighted by atomic mass is 10.2. The first-order valence-corrected chi connectivity index (χ1v) is 8.72. The molecule has 0 unspecified atom stereocenters. The highest BCUT2D eigenvalue weighted by Crippen LogP contribution is 2.32. The van der Waals surface area contributed by atoms with Crippen molar-refractivity contribution in [3.05, 3.63) is 77.8 Å². The van der Waals surface area contributed by atoms with Crippen molar-refractivity contribution in [1.29, 1.82) is 0 Å². The van der Waals surface area contributed by atoms with Gasteiger partial charge in [-0.1, -0.05) is 41.9 Å². The van der Waals surface area contributed by atoms with Crippen LogP contribution in [0.1, 0.15) is 0 Å². The molecule has 2 N–H and O–H groups in total. The number of para-hydroxylation sites is 3. The molecule has 0 radical (unpaired) electrons. The lowest BCUT2D eigenvalue weighted by Crippen LogP contribution is -2.22. The van der Waals surface area contributed by atoms with E-state index in [4.69, 9.17) is 21.1 Å². The largest absolute Gasteiger partial charge is 0.495 e. The van der Waals surface area contributed by atoms with Crippen molar-refractivity contribution >= 4 is 28.9 Å². The molecule has 138 valence electrons. The molecular formula is C21H19ClN2O3. The average molecular weight is 383 g/mol. The number of amides is 1. The van der Waals surface area contributed by atoms with E-state index in [1.165, 1.54) is 0 Å². The minimum Gasteiger partial charge on any atom is -0.495 e. The van der Waals surface area contributed by atoms with Crippen LogP contribution < -0.4 is 20.1 Å². The molecule has 0 aliphatic rings. The zero-order valence-electron chi connectivity index (χ0n) is 14.7. The number of rotatable bonds is 7. The number of hydrogen-bond donors (Lipinski definition) is 2. The monoisotopic (exact) mass is 382 g/mol. The molecule has 0 fully saturated rings. The van der Waals surface area contributed by atoms with E-state index in [1.807, 2.05) is 42.5 Å². The van der Waals surface area contributed by atoms with Crippen LogP contribution >= 0.6 is 11.6 Å². The molecule has 3 rings (SSSR count). The Morgan fingerprint density at radius 3 is 2.44 bits per heavy atom.